The van der Waals surface area contributed by atoms with Crippen LogP contribution in [-0.2, 0) is 4.74 Å². The lowest BCUT2D eigenvalue weighted by molar-refractivity contribution is 0.122. The number of fused-ring (bicyclic) bond motifs is 1. The number of morpholine rings is 1. The highest BCUT2D eigenvalue weighted by Crippen LogP contribution is 2.41. The fraction of sp³-hybridized carbons (Fsp3) is 0.474. The second-order valence-corrected chi connectivity index (χ2v) is 7.84. The molecule has 5 rings (SSSR count). The third-order valence-electron chi connectivity index (χ3n) is 5.32. The first kappa shape index (κ1) is 16.8. The molecule has 0 bridgehead atoms. The monoisotopic (exact) mass is 382 g/mol. The minimum Gasteiger partial charge on any atom is -0.378 e. The predicted molar refractivity (Wildman–Crippen MR) is 106 cm³/mol. The zero-order valence-corrected chi connectivity index (χ0v) is 16.3. The largest absolute Gasteiger partial charge is 0.378 e. The maximum Gasteiger partial charge on any atom is 0.208 e. The van der Waals surface area contributed by atoms with Crippen molar-refractivity contribution in [3.8, 4) is 5.69 Å². The summed E-state index contributed by atoms with van der Waals surface area (Å²) in [4.78, 5) is 11.7. The number of H-pyrrole nitrogens is 1. The highest BCUT2D eigenvalue weighted by atomic mass is 32.1. The van der Waals surface area contributed by atoms with Gasteiger partial charge in [0.1, 0.15) is 4.64 Å². The Labute approximate surface area is 162 Å². The van der Waals surface area contributed by atoms with Gasteiger partial charge in [0.15, 0.2) is 5.52 Å². The van der Waals surface area contributed by atoms with Crippen molar-refractivity contribution in [2.45, 2.75) is 32.6 Å². The van der Waals surface area contributed by atoms with Crippen LogP contribution in [0.25, 0.3) is 16.9 Å². The van der Waals surface area contributed by atoms with Crippen LogP contribution in [0.1, 0.15) is 35.4 Å². The molecule has 140 valence electrons. The lowest BCUT2D eigenvalue weighted by atomic mass is 10.0. The smallest absolute Gasteiger partial charge is 0.208 e. The van der Waals surface area contributed by atoms with Crippen LogP contribution < -0.4 is 4.90 Å². The summed E-state index contributed by atoms with van der Waals surface area (Å²) in [6.45, 7) is 7.21. The standard InChI is InChI=1S/C19H22N6OS/c1-11-9-14(13-3-4-13)10-12(2)16(11)25-22-15-17(23-25)20-19(21-18(15)27)24-5-7-26-8-6-24/h9-10,13H,3-8H2,1-2H3,(H,20,21,23,27). The number of nitrogens with one attached hydrogen (secondary N) is 1. The van der Waals surface area contributed by atoms with E-state index in [0.717, 1.165) is 30.6 Å². The first-order valence-electron chi connectivity index (χ1n) is 9.42. The Bertz CT molecular complexity index is 1050. The quantitative estimate of drug-likeness (QED) is 0.702. The molecule has 2 aliphatic rings. The van der Waals surface area contributed by atoms with Crippen molar-refractivity contribution in [1.29, 1.82) is 0 Å². The molecule has 1 aromatic carbocycles. The van der Waals surface area contributed by atoms with Gasteiger partial charge in [-0.1, -0.05) is 24.4 Å². The molecule has 0 amide bonds. The third kappa shape index (κ3) is 3.02. The molecule has 2 fully saturated rings. The summed E-state index contributed by atoms with van der Waals surface area (Å²) in [6.07, 6.45) is 2.59. The van der Waals surface area contributed by atoms with Gasteiger partial charge in [-0.2, -0.15) is 4.98 Å². The molecule has 0 spiro atoms. The Hall–Kier alpha value is -2.32. The molecular weight excluding hydrogens is 360 g/mol. The number of aryl methyl sites for hydroxylation is 2. The van der Waals surface area contributed by atoms with Crippen molar-refractivity contribution in [3.05, 3.63) is 33.5 Å². The van der Waals surface area contributed by atoms with E-state index in [4.69, 9.17) is 17.0 Å². The normalized spacial score (nSPS) is 17.6. The van der Waals surface area contributed by atoms with Gasteiger partial charge in [0.2, 0.25) is 11.6 Å². The Morgan fingerprint density at radius 2 is 1.81 bits per heavy atom. The van der Waals surface area contributed by atoms with Crippen molar-refractivity contribution in [1.82, 2.24) is 25.0 Å². The number of hydrogen-bond donors (Lipinski definition) is 1. The van der Waals surface area contributed by atoms with Crippen molar-refractivity contribution in [3.63, 3.8) is 0 Å². The summed E-state index contributed by atoms with van der Waals surface area (Å²) >= 11 is 5.53. The number of rotatable bonds is 3. The summed E-state index contributed by atoms with van der Waals surface area (Å²) in [5, 5.41) is 9.31. The lowest BCUT2D eigenvalue weighted by Crippen LogP contribution is -2.37. The number of aromatic nitrogens is 5. The number of benzene rings is 1. The molecule has 0 unspecified atom stereocenters. The van der Waals surface area contributed by atoms with Crippen molar-refractivity contribution < 1.29 is 4.74 Å². The van der Waals surface area contributed by atoms with E-state index in [9.17, 15) is 0 Å². The van der Waals surface area contributed by atoms with Crippen LogP contribution in [-0.4, -0.2) is 51.3 Å². The molecule has 1 N–H and O–H groups in total. The highest BCUT2D eigenvalue weighted by Gasteiger charge is 2.25. The summed E-state index contributed by atoms with van der Waals surface area (Å²) in [5.74, 6) is 1.47. The fourth-order valence-electron chi connectivity index (χ4n) is 3.79. The van der Waals surface area contributed by atoms with Crippen LogP contribution in [0.3, 0.4) is 0 Å². The molecule has 3 aromatic rings. The van der Waals surface area contributed by atoms with Gasteiger partial charge in [-0.05, 0) is 49.3 Å². The first-order chi connectivity index (χ1) is 13.1. The molecular formula is C19H22N6OS. The van der Waals surface area contributed by atoms with Crippen LogP contribution in [0.2, 0.25) is 0 Å². The van der Waals surface area contributed by atoms with Gasteiger partial charge in [-0.3, -0.25) is 0 Å². The second kappa shape index (κ2) is 6.38. The Kier molecular flexibility index (Phi) is 3.98. The van der Waals surface area contributed by atoms with E-state index in [0.29, 0.717) is 29.0 Å². The summed E-state index contributed by atoms with van der Waals surface area (Å²) in [6, 6.07) is 4.53. The Morgan fingerprint density at radius 3 is 2.48 bits per heavy atom. The number of aromatic amines is 1. The molecule has 1 aliphatic carbocycles. The fourth-order valence-corrected chi connectivity index (χ4v) is 4.02. The number of ether oxygens (including phenoxy) is 1. The van der Waals surface area contributed by atoms with E-state index in [1.165, 1.54) is 29.5 Å². The molecule has 7 nitrogen and oxygen atoms in total. The number of nitrogens with zero attached hydrogens (tertiary/aromatic N) is 5. The van der Waals surface area contributed by atoms with Gasteiger partial charge in [-0.15, -0.1) is 15.0 Å². The molecule has 2 aromatic heterocycles. The SMILES string of the molecule is Cc1cc(C2CC2)cc(C)c1-n1nc2nc(N3CCOCC3)[nH]c(=S)c2n1. The van der Waals surface area contributed by atoms with Crippen LogP contribution in [0.15, 0.2) is 12.1 Å². The summed E-state index contributed by atoms with van der Waals surface area (Å²) in [5.41, 5.74) is 6.01. The summed E-state index contributed by atoms with van der Waals surface area (Å²) in [7, 11) is 0. The van der Waals surface area contributed by atoms with Crippen molar-refractivity contribution >= 4 is 29.3 Å². The average molecular weight is 382 g/mol. The number of hydrogen-bond acceptors (Lipinski definition) is 6. The van der Waals surface area contributed by atoms with Crippen molar-refractivity contribution in [2.75, 3.05) is 31.2 Å². The minimum atomic E-state index is 0.567. The van der Waals surface area contributed by atoms with Gasteiger partial charge in [0, 0.05) is 13.1 Å². The van der Waals surface area contributed by atoms with Gasteiger partial charge in [0.25, 0.3) is 0 Å². The molecule has 0 radical (unpaired) electrons. The lowest BCUT2D eigenvalue weighted by Gasteiger charge is -2.26. The zero-order valence-electron chi connectivity index (χ0n) is 15.5. The van der Waals surface area contributed by atoms with Crippen LogP contribution in [0, 0.1) is 18.5 Å². The molecule has 27 heavy (non-hydrogen) atoms. The van der Waals surface area contributed by atoms with Crippen LogP contribution in [0.4, 0.5) is 5.95 Å². The molecule has 3 heterocycles. The molecule has 1 saturated heterocycles. The molecule has 1 saturated carbocycles. The molecule has 8 heteroatoms. The highest BCUT2D eigenvalue weighted by molar-refractivity contribution is 7.71. The van der Waals surface area contributed by atoms with Gasteiger partial charge >= 0.3 is 0 Å². The van der Waals surface area contributed by atoms with E-state index in [2.05, 4.69) is 51.0 Å². The number of anilines is 1. The van der Waals surface area contributed by atoms with Gasteiger partial charge < -0.3 is 14.6 Å². The predicted octanol–water partition coefficient (Wildman–Crippen LogP) is 3.20. The van der Waals surface area contributed by atoms with E-state index in [1.54, 1.807) is 4.80 Å². The van der Waals surface area contributed by atoms with E-state index in [-0.39, 0.29) is 0 Å². The van der Waals surface area contributed by atoms with Crippen LogP contribution >= 0.6 is 12.2 Å². The zero-order chi connectivity index (χ0) is 18.5. The van der Waals surface area contributed by atoms with E-state index in [1.807, 2.05) is 0 Å². The average Bonchev–Trinajstić information content (AvgIpc) is 3.42. The van der Waals surface area contributed by atoms with E-state index < -0.39 is 0 Å². The van der Waals surface area contributed by atoms with Gasteiger partial charge in [0.05, 0.1) is 18.9 Å². The Morgan fingerprint density at radius 1 is 1.11 bits per heavy atom. The Balaban J connectivity index is 1.58. The van der Waals surface area contributed by atoms with Crippen molar-refractivity contribution in [2.24, 2.45) is 0 Å². The topological polar surface area (TPSA) is 71.9 Å². The second-order valence-electron chi connectivity index (χ2n) is 7.43. The maximum atomic E-state index is 5.53. The maximum absolute atomic E-state index is 5.53. The molecule has 0 atom stereocenters. The minimum absolute atomic E-state index is 0.567. The first-order valence-corrected chi connectivity index (χ1v) is 9.82. The molecule has 1 aliphatic heterocycles. The third-order valence-corrected chi connectivity index (χ3v) is 5.62. The summed E-state index contributed by atoms with van der Waals surface area (Å²) < 4.78 is 5.98. The van der Waals surface area contributed by atoms with E-state index >= 15 is 0 Å². The van der Waals surface area contributed by atoms with Gasteiger partial charge in [-0.25, -0.2) is 0 Å². The van der Waals surface area contributed by atoms with Crippen LogP contribution in [0.5, 0.6) is 0 Å².